The molecule has 2 aromatic rings. The maximum atomic E-state index is 13.6. The predicted molar refractivity (Wildman–Crippen MR) is 83.0 cm³/mol. The molecule has 0 radical (unpaired) electrons. The van der Waals surface area contributed by atoms with Crippen LogP contribution in [0.1, 0.15) is 23.4 Å². The summed E-state index contributed by atoms with van der Waals surface area (Å²) in [5, 5.41) is 4.33. The van der Waals surface area contributed by atoms with Crippen molar-refractivity contribution in [1.29, 1.82) is 0 Å². The zero-order valence-electron chi connectivity index (χ0n) is 12.4. The van der Waals surface area contributed by atoms with Gasteiger partial charge in [0.15, 0.2) is 17.5 Å². The molecular formula is C16H15F3N2OS. The van der Waals surface area contributed by atoms with Gasteiger partial charge in [0.05, 0.1) is 12.2 Å². The van der Waals surface area contributed by atoms with E-state index in [4.69, 9.17) is 0 Å². The highest BCUT2D eigenvalue weighted by atomic mass is 32.1. The number of carbonyl (C=O) groups is 1. The highest BCUT2D eigenvalue weighted by molar-refractivity contribution is 7.10. The fourth-order valence-corrected chi connectivity index (χ4v) is 3.74. The van der Waals surface area contributed by atoms with Gasteiger partial charge in [0, 0.05) is 17.5 Å². The molecule has 1 aliphatic rings. The number of nitrogens with zero attached hydrogens (tertiary/aromatic N) is 1. The molecule has 0 saturated carbocycles. The van der Waals surface area contributed by atoms with Gasteiger partial charge in [-0.2, -0.15) is 0 Å². The monoisotopic (exact) mass is 340 g/mol. The minimum Gasteiger partial charge on any atom is -0.322 e. The molecule has 0 spiro atoms. The molecule has 0 saturated heterocycles. The van der Waals surface area contributed by atoms with Gasteiger partial charge in [-0.05, 0) is 42.5 Å². The summed E-state index contributed by atoms with van der Waals surface area (Å²) in [7, 11) is 0. The van der Waals surface area contributed by atoms with Crippen molar-refractivity contribution >= 4 is 22.9 Å². The summed E-state index contributed by atoms with van der Waals surface area (Å²) in [4.78, 5) is 15.4. The molecule has 0 bridgehead atoms. The fourth-order valence-electron chi connectivity index (χ4n) is 2.77. The van der Waals surface area contributed by atoms with Crippen molar-refractivity contribution in [3.05, 3.63) is 51.5 Å². The average Bonchev–Trinajstić information content (AvgIpc) is 3.00. The minimum atomic E-state index is -1.59. The molecule has 7 heteroatoms. The summed E-state index contributed by atoms with van der Waals surface area (Å²) in [6, 6.07) is 3.94. The lowest BCUT2D eigenvalue weighted by molar-refractivity contribution is -0.117. The number of hydrogen-bond acceptors (Lipinski definition) is 3. The Kier molecular flexibility index (Phi) is 4.41. The third kappa shape index (κ3) is 3.11. The molecule has 1 N–H and O–H groups in total. The smallest absolute Gasteiger partial charge is 0.238 e. The normalized spacial score (nSPS) is 17.8. The fraction of sp³-hybridized carbons (Fsp3) is 0.312. The molecule has 0 aliphatic carbocycles. The van der Waals surface area contributed by atoms with Gasteiger partial charge < -0.3 is 5.32 Å². The summed E-state index contributed by atoms with van der Waals surface area (Å²) in [5.74, 6) is -4.71. The van der Waals surface area contributed by atoms with Crippen molar-refractivity contribution in [1.82, 2.24) is 4.90 Å². The molecule has 0 unspecified atom stereocenters. The van der Waals surface area contributed by atoms with E-state index < -0.39 is 23.4 Å². The Morgan fingerprint density at radius 3 is 2.87 bits per heavy atom. The molecule has 3 rings (SSSR count). The zero-order chi connectivity index (χ0) is 16.6. The standard InChI is InChI=1S/C16H15F3N2OS/c1-9-10-5-7-23-13(10)4-6-21(9)8-14(22)20-12-3-2-11(17)15(18)16(12)19/h2-3,5,7,9H,4,6,8H2,1H3,(H,20,22)/t9-/m1/s1. The summed E-state index contributed by atoms with van der Waals surface area (Å²) in [6.07, 6.45) is 0.865. The van der Waals surface area contributed by atoms with Crippen LogP contribution in [0.15, 0.2) is 23.6 Å². The van der Waals surface area contributed by atoms with Gasteiger partial charge in [-0.1, -0.05) is 0 Å². The minimum absolute atomic E-state index is 0.0644. The first kappa shape index (κ1) is 16.0. The van der Waals surface area contributed by atoms with Crippen LogP contribution in [-0.4, -0.2) is 23.9 Å². The molecule has 23 heavy (non-hydrogen) atoms. The summed E-state index contributed by atoms with van der Waals surface area (Å²) in [5.41, 5.74) is 0.850. The molecule has 3 nitrogen and oxygen atoms in total. The van der Waals surface area contributed by atoms with Crippen LogP contribution in [0.4, 0.5) is 18.9 Å². The van der Waals surface area contributed by atoms with Gasteiger partial charge in [-0.25, -0.2) is 13.2 Å². The van der Waals surface area contributed by atoms with Crippen molar-refractivity contribution in [2.45, 2.75) is 19.4 Å². The molecule has 1 aromatic carbocycles. The molecule has 2 heterocycles. The molecule has 1 aliphatic heterocycles. The maximum Gasteiger partial charge on any atom is 0.238 e. The third-order valence-electron chi connectivity index (χ3n) is 4.06. The Balaban J connectivity index is 1.68. The maximum absolute atomic E-state index is 13.6. The predicted octanol–water partition coefficient (Wildman–Crippen LogP) is 3.72. The Morgan fingerprint density at radius 1 is 1.30 bits per heavy atom. The second kappa shape index (κ2) is 6.33. The van der Waals surface area contributed by atoms with E-state index in [1.807, 2.05) is 23.3 Å². The first-order valence-corrected chi connectivity index (χ1v) is 8.09. The van der Waals surface area contributed by atoms with E-state index in [1.165, 1.54) is 10.4 Å². The number of hydrogen-bond donors (Lipinski definition) is 1. The van der Waals surface area contributed by atoms with Crippen LogP contribution < -0.4 is 5.32 Å². The van der Waals surface area contributed by atoms with E-state index >= 15 is 0 Å². The third-order valence-corrected chi connectivity index (χ3v) is 5.06. The topological polar surface area (TPSA) is 32.3 Å². The van der Waals surface area contributed by atoms with E-state index in [-0.39, 0.29) is 18.3 Å². The van der Waals surface area contributed by atoms with Crippen LogP contribution in [0.5, 0.6) is 0 Å². The Bertz CT molecular complexity index is 747. The number of anilines is 1. The van der Waals surface area contributed by atoms with Gasteiger partial charge in [0.1, 0.15) is 0 Å². The molecule has 122 valence electrons. The van der Waals surface area contributed by atoms with Crippen molar-refractivity contribution in [3.63, 3.8) is 0 Å². The quantitative estimate of drug-likeness (QED) is 0.864. The number of benzene rings is 1. The average molecular weight is 340 g/mol. The molecule has 1 aromatic heterocycles. The SMILES string of the molecule is C[C@@H]1c2ccsc2CCN1CC(=O)Nc1ccc(F)c(F)c1F. The van der Waals surface area contributed by atoms with E-state index in [0.29, 0.717) is 0 Å². The lowest BCUT2D eigenvalue weighted by Gasteiger charge is -2.32. The largest absolute Gasteiger partial charge is 0.322 e. The van der Waals surface area contributed by atoms with Crippen LogP contribution in [-0.2, 0) is 11.2 Å². The number of fused-ring (bicyclic) bond motifs is 1. The summed E-state index contributed by atoms with van der Waals surface area (Å²) < 4.78 is 39.7. The van der Waals surface area contributed by atoms with E-state index in [1.54, 1.807) is 11.3 Å². The highest BCUT2D eigenvalue weighted by Gasteiger charge is 2.26. The van der Waals surface area contributed by atoms with Gasteiger partial charge in [0.25, 0.3) is 0 Å². The number of thiophene rings is 1. The van der Waals surface area contributed by atoms with Gasteiger partial charge >= 0.3 is 0 Å². The molecule has 1 amide bonds. The molecule has 0 fully saturated rings. The lowest BCUT2D eigenvalue weighted by Crippen LogP contribution is -2.39. The van der Waals surface area contributed by atoms with Gasteiger partial charge in [-0.15, -0.1) is 11.3 Å². The van der Waals surface area contributed by atoms with Crippen molar-refractivity contribution in [2.75, 3.05) is 18.4 Å². The molecule has 1 atom stereocenters. The van der Waals surface area contributed by atoms with E-state index in [0.717, 1.165) is 25.1 Å². The zero-order valence-corrected chi connectivity index (χ0v) is 13.2. The number of halogens is 3. The second-order valence-electron chi connectivity index (χ2n) is 5.47. The van der Waals surface area contributed by atoms with E-state index in [2.05, 4.69) is 5.32 Å². The number of nitrogens with one attached hydrogen (secondary N) is 1. The molecular weight excluding hydrogens is 325 g/mol. The van der Waals surface area contributed by atoms with Crippen LogP contribution in [0.3, 0.4) is 0 Å². The van der Waals surface area contributed by atoms with Crippen LogP contribution in [0.2, 0.25) is 0 Å². The van der Waals surface area contributed by atoms with Gasteiger partial charge in [0.2, 0.25) is 5.91 Å². The Hall–Kier alpha value is -1.86. The lowest BCUT2D eigenvalue weighted by atomic mass is 10.0. The highest BCUT2D eigenvalue weighted by Crippen LogP contribution is 2.32. The van der Waals surface area contributed by atoms with Crippen molar-refractivity contribution in [2.24, 2.45) is 0 Å². The summed E-state index contributed by atoms with van der Waals surface area (Å²) >= 11 is 1.70. The van der Waals surface area contributed by atoms with Crippen LogP contribution in [0.25, 0.3) is 0 Å². The van der Waals surface area contributed by atoms with Crippen LogP contribution in [0, 0.1) is 17.5 Å². The number of amides is 1. The summed E-state index contributed by atoms with van der Waals surface area (Å²) in [6.45, 7) is 2.80. The van der Waals surface area contributed by atoms with Gasteiger partial charge in [-0.3, -0.25) is 9.69 Å². The first-order chi connectivity index (χ1) is 11.0. The van der Waals surface area contributed by atoms with E-state index in [9.17, 15) is 18.0 Å². The number of carbonyl (C=O) groups excluding carboxylic acids is 1. The second-order valence-corrected chi connectivity index (χ2v) is 6.47. The number of rotatable bonds is 3. The first-order valence-electron chi connectivity index (χ1n) is 7.21. The Morgan fingerprint density at radius 2 is 2.09 bits per heavy atom. The van der Waals surface area contributed by atoms with Crippen LogP contribution >= 0.6 is 11.3 Å². The van der Waals surface area contributed by atoms with Crippen molar-refractivity contribution < 1.29 is 18.0 Å². The van der Waals surface area contributed by atoms with Crippen molar-refractivity contribution in [3.8, 4) is 0 Å². The Labute approximate surface area is 135 Å².